The molecular formula is C18H17N3O3S2. The van der Waals surface area contributed by atoms with Crippen LogP contribution in [0.2, 0.25) is 0 Å². The molecule has 1 N–H and O–H groups in total. The maximum Gasteiger partial charge on any atom is 0.251 e. The Morgan fingerprint density at radius 2 is 1.96 bits per heavy atom. The first-order valence-electron chi connectivity index (χ1n) is 7.86. The minimum atomic E-state index is -3.34. The summed E-state index contributed by atoms with van der Waals surface area (Å²) in [5.41, 5.74) is 2.23. The number of carbonyl (C=O) groups excluding carboxylic acids is 1. The second-order valence-electron chi connectivity index (χ2n) is 5.69. The monoisotopic (exact) mass is 387 g/mol. The molecule has 0 fully saturated rings. The van der Waals surface area contributed by atoms with Gasteiger partial charge < -0.3 is 5.32 Å². The molecule has 0 radical (unpaired) electrons. The number of nitrogens with zero attached hydrogens (tertiary/aromatic N) is 2. The van der Waals surface area contributed by atoms with E-state index in [9.17, 15) is 13.2 Å². The summed E-state index contributed by atoms with van der Waals surface area (Å²) in [5.74, 6) is -0.305. The van der Waals surface area contributed by atoms with Crippen LogP contribution in [0.25, 0.3) is 10.6 Å². The van der Waals surface area contributed by atoms with Gasteiger partial charge >= 0.3 is 0 Å². The molecule has 3 rings (SSSR count). The highest BCUT2D eigenvalue weighted by atomic mass is 32.2. The number of sulfone groups is 1. The van der Waals surface area contributed by atoms with Gasteiger partial charge in [0.1, 0.15) is 5.01 Å². The smallest absolute Gasteiger partial charge is 0.251 e. The lowest BCUT2D eigenvalue weighted by Crippen LogP contribution is -2.25. The van der Waals surface area contributed by atoms with Crippen molar-refractivity contribution >= 4 is 27.1 Å². The van der Waals surface area contributed by atoms with Crippen LogP contribution in [-0.2, 0) is 16.3 Å². The van der Waals surface area contributed by atoms with E-state index in [1.165, 1.54) is 12.1 Å². The molecule has 0 unspecified atom stereocenters. The maximum atomic E-state index is 12.2. The summed E-state index contributed by atoms with van der Waals surface area (Å²) >= 11 is 1.54. The Balaban J connectivity index is 1.59. The van der Waals surface area contributed by atoms with Gasteiger partial charge in [0.2, 0.25) is 0 Å². The van der Waals surface area contributed by atoms with Crippen molar-refractivity contribution in [1.82, 2.24) is 15.3 Å². The number of thiazole rings is 1. The molecule has 6 nitrogen and oxygen atoms in total. The normalized spacial score (nSPS) is 11.3. The Kier molecular flexibility index (Phi) is 5.43. The van der Waals surface area contributed by atoms with Crippen LogP contribution in [0.15, 0.2) is 59.1 Å². The van der Waals surface area contributed by atoms with Crippen LogP contribution in [0.1, 0.15) is 16.1 Å². The summed E-state index contributed by atoms with van der Waals surface area (Å²) in [4.78, 5) is 20.9. The van der Waals surface area contributed by atoms with E-state index in [1.54, 1.807) is 35.9 Å². The maximum absolute atomic E-state index is 12.2. The molecule has 0 spiro atoms. The minimum Gasteiger partial charge on any atom is -0.352 e. The summed E-state index contributed by atoms with van der Waals surface area (Å²) in [6.07, 6.45) is 5.16. The topological polar surface area (TPSA) is 89.0 Å². The zero-order chi connectivity index (χ0) is 18.6. The third-order valence-corrected chi connectivity index (χ3v) is 5.72. The molecule has 0 aliphatic carbocycles. The van der Waals surface area contributed by atoms with E-state index in [4.69, 9.17) is 0 Å². The van der Waals surface area contributed by atoms with E-state index in [0.717, 1.165) is 22.5 Å². The minimum absolute atomic E-state index is 0.131. The standard InChI is InChI=1S/C18H17N3O3S2/c1-26(23,24)16-4-2-3-14(11-16)17(22)20-10-7-15-12-25-18(21-15)13-5-8-19-9-6-13/h2-6,8-9,11-12H,7,10H2,1H3,(H,20,22). The third kappa shape index (κ3) is 4.53. The SMILES string of the molecule is CS(=O)(=O)c1cccc(C(=O)NCCc2csc(-c3ccncc3)n2)c1. The van der Waals surface area contributed by atoms with Gasteiger partial charge in [0, 0.05) is 48.1 Å². The molecule has 1 amide bonds. The average Bonchev–Trinajstić information content (AvgIpc) is 3.11. The number of amides is 1. The van der Waals surface area contributed by atoms with Crippen molar-refractivity contribution in [2.24, 2.45) is 0 Å². The van der Waals surface area contributed by atoms with Gasteiger partial charge in [-0.2, -0.15) is 0 Å². The zero-order valence-corrected chi connectivity index (χ0v) is 15.7. The zero-order valence-electron chi connectivity index (χ0n) is 14.0. The first-order valence-corrected chi connectivity index (χ1v) is 10.6. The van der Waals surface area contributed by atoms with Crippen LogP contribution in [0, 0.1) is 0 Å². The molecule has 0 atom stereocenters. The van der Waals surface area contributed by atoms with Gasteiger partial charge in [0.15, 0.2) is 9.84 Å². The quantitative estimate of drug-likeness (QED) is 0.702. The second kappa shape index (κ2) is 7.76. The van der Waals surface area contributed by atoms with Gasteiger partial charge in [-0.1, -0.05) is 6.07 Å². The van der Waals surface area contributed by atoms with Crippen LogP contribution in [0.4, 0.5) is 0 Å². The summed E-state index contributed by atoms with van der Waals surface area (Å²) < 4.78 is 23.2. The molecular weight excluding hydrogens is 370 g/mol. The van der Waals surface area contributed by atoms with Crippen LogP contribution < -0.4 is 5.32 Å². The molecule has 8 heteroatoms. The lowest BCUT2D eigenvalue weighted by Gasteiger charge is -2.05. The van der Waals surface area contributed by atoms with Crippen LogP contribution >= 0.6 is 11.3 Å². The predicted molar refractivity (Wildman–Crippen MR) is 101 cm³/mol. The van der Waals surface area contributed by atoms with E-state index < -0.39 is 9.84 Å². The van der Waals surface area contributed by atoms with Crippen molar-refractivity contribution in [1.29, 1.82) is 0 Å². The molecule has 2 aromatic heterocycles. The van der Waals surface area contributed by atoms with E-state index >= 15 is 0 Å². The summed E-state index contributed by atoms with van der Waals surface area (Å²) in [5, 5.41) is 5.67. The number of pyridine rings is 1. The molecule has 26 heavy (non-hydrogen) atoms. The second-order valence-corrected chi connectivity index (χ2v) is 8.56. The highest BCUT2D eigenvalue weighted by Crippen LogP contribution is 2.22. The van der Waals surface area contributed by atoms with Crippen LogP contribution in [-0.4, -0.2) is 37.1 Å². The Hall–Kier alpha value is -2.58. The summed E-state index contributed by atoms with van der Waals surface area (Å²) in [6, 6.07) is 9.82. The van der Waals surface area contributed by atoms with Gasteiger partial charge in [-0.25, -0.2) is 13.4 Å². The van der Waals surface area contributed by atoms with Crippen molar-refractivity contribution in [3.63, 3.8) is 0 Å². The van der Waals surface area contributed by atoms with Crippen LogP contribution in [0.3, 0.4) is 0 Å². The Labute approximate surface area is 155 Å². The Bertz CT molecular complexity index is 1010. The van der Waals surface area contributed by atoms with Gasteiger partial charge in [-0.3, -0.25) is 9.78 Å². The number of aromatic nitrogens is 2. The molecule has 3 aromatic rings. The number of benzene rings is 1. The highest BCUT2D eigenvalue weighted by molar-refractivity contribution is 7.90. The van der Waals surface area contributed by atoms with Gasteiger partial charge in [0.05, 0.1) is 10.6 Å². The fourth-order valence-corrected chi connectivity index (χ4v) is 3.85. The third-order valence-electron chi connectivity index (χ3n) is 3.67. The lowest BCUT2D eigenvalue weighted by molar-refractivity contribution is 0.0954. The van der Waals surface area contributed by atoms with Crippen molar-refractivity contribution in [2.45, 2.75) is 11.3 Å². The van der Waals surface area contributed by atoms with Crippen molar-refractivity contribution in [3.05, 3.63) is 65.4 Å². The van der Waals surface area contributed by atoms with Gasteiger partial charge in [0.25, 0.3) is 5.91 Å². The summed E-state index contributed by atoms with van der Waals surface area (Å²) in [6.45, 7) is 0.418. The van der Waals surface area contributed by atoms with Gasteiger partial charge in [-0.15, -0.1) is 11.3 Å². The molecule has 0 saturated heterocycles. The Morgan fingerprint density at radius 1 is 1.19 bits per heavy atom. The van der Waals surface area contributed by atoms with Crippen molar-refractivity contribution < 1.29 is 13.2 Å². The first kappa shape index (κ1) is 18.2. The molecule has 0 aliphatic heterocycles. The molecule has 0 saturated carbocycles. The van der Waals surface area contributed by atoms with Gasteiger partial charge in [-0.05, 0) is 30.3 Å². The number of carbonyl (C=O) groups is 1. The molecule has 0 aliphatic rings. The van der Waals surface area contributed by atoms with Crippen LogP contribution in [0.5, 0.6) is 0 Å². The number of hydrogen-bond donors (Lipinski definition) is 1. The average molecular weight is 387 g/mol. The molecule has 1 aromatic carbocycles. The fourth-order valence-electron chi connectivity index (χ4n) is 2.32. The number of rotatable bonds is 6. The van der Waals surface area contributed by atoms with E-state index in [1.807, 2.05) is 17.5 Å². The largest absolute Gasteiger partial charge is 0.352 e. The Morgan fingerprint density at radius 3 is 2.69 bits per heavy atom. The van der Waals surface area contributed by atoms with Crippen molar-refractivity contribution in [2.75, 3.05) is 12.8 Å². The number of hydrogen-bond acceptors (Lipinski definition) is 6. The molecule has 2 heterocycles. The highest BCUT2D eigenvalue weighted by Gasteiger charge is 2.11. The fraction of sp³-hybridized carbons (Fsp3) is 0.167. The first-order chi connectivity index (χ1) is 12.4. The summed E-state index contributed by atoms with van der Waals surface area (Å²) in [7, 11) is -3.34. The van der Waals surface area contributed by atoms with E-state index in [2.05, 4.69) is 15.3 Å². The van der Waals surface area contributed by atoms with Crippen molar-refractivity contribution in [3.8, 4) is 10.6 Å². The molecule has 134 valence electrons. The van der Waals surface area contributed by atoms with E-state index in [0.29, 0.717) is 18.5 Å². The predicted octanol–water partition coefficient (Wildman–Crippen LogP) is 2.58. The van der Waals surface area contributed by atoms with E-state index in [-0.39, 0.29) is 10.8 Å². The lowest BCUT2D eigenvalue weighted by atomic mass is 10.2. The molecule has 0 bridgehead atoms. The number of nitrogens with one attached hydrogen (secondary N) is 1.